The van der Waals surface area contributed by atoms with Crippen LogP contribution in [0.25, 0.3) is 0 Å². The van der Waals surface area contributed by atoms with Crippen LogP contribution in [0.3, 0.4) is 0 Å². The summed E-state index contributed by atoms with van der Waals surface area (Å²) in [7, 11) is 3.16. The van der Waals surface area contributed by atoms with E-state index in [1.54, 1.807) is 14.2 Å². The largest absolute Gasteiger partial charge is 0.493 e. The summed E-state index contributed by atoms with van der Waals surface area (Å²) in [5, 5.41) is 15.0. The van der Waals surface area contributed by atoms with Crippen molar-refractivity contribution in [2.45, 2.75) is 13.0 Å². The second-order valence-electron chi connectivity index (χ2n) is 5.87. The maximum Gasteiger partial charge on any atom is 0.263 e. The van der Waals surface area contributed by atoms with Crippen LogP contribution >= 0.6 is 15.9 Å². The molecule has 28 heavy (non-hydrogen) atoms. The average molecular weight is 444 g/mol. The summed E-state index contributed by atoms with van der Waals surface area (Å²) in [4.78, 5) is 12.2. The van der Waals surface area contributed by atoms with E-state index in [1.165, 1.54) is 6.20 Å². The zero-order valence-electron chi connectivity index (χ0n) is 15.8. The Bertz CT molecular complexity index is 873. The molecule has 0 saturated carbocycles. The van der Waals surface area contributed by atoms with Crippen molar-refractivity contribution in [1.29, 1.82) is 5.26 Å². The smallest absolute Gasteiger partial charge is 0.263 e. The van der Waals surface area contributed by atoms with Crippen LogP contribution in [0.2, 0.25) is 0 Å². The van der Waals surface area contributed by atoms with Gasteiger partial charge in [-0.05, 0) is 41.8 Å². The molecule has 6 nitrogen and oxygen atoms in total. The molecule has 0 heterocycles. The van der Waals surface area contributed by atoms with Crippen LogP contribution in [0.5, 0.6) is 11.5 Å². The zero-order valence-corrected chi connectivity index (χ0v) is 17.4. The topological polar surface area (TPSA) is 83.4 Å². The van der Waals surface area contributed by atoms with Crippen molar-refractivity contribution in [3.8, 4) is 17.6 Å². The number of halogens is 1. The monoisotopic (exact) mass is 443 g/mol. The van der Waals surface area contributed by atoms with E-state index in [9.17, 15) is 10.1 Å². The van der Waals surface area contributed by atoms with Crippen molar-refractivity contribution < 1.29 is 14.3 Å². The van der Waals surface area contributed by atoms with Crippen LogP contribution < -0.4 is 20.1 Å². The van der Waals surface area contributed by atoms with Gasteiger partial charge in [-0.3, -0.25) is 4.79 Å². The van der Waals surface area contributed by atoms with Crippen molar-refractivity contribution in [1.82, 2.24) is 10.6 Å². The predicted octanol–water partition coefficient (Wildman–Crippen LogP) is 3.32. The van der Waals surface area contributed by atoms with Gasteiger partial charge in [-0.25, -0.2) is 0 Å². The Labute approximate surface area is 173 Å². The first kappa shape index (κ1) is 21.3. The van der Waals surface area contributed by atoms with Gasteiger partial charge in [0.2, 0.25) is 0 Å². The first-order valence-corrected chi connectivity index (χ1v) is 9.44. The van der Waals surface area contributed by atoms with E-state index in [-0.39, 0.29) is 5.57 Å². The number of nitrogens with one attached hydrogen (secondary N) is 2. The van der Waals surface area contributed by atoms with Crippen molar-refractivity contribution in [3.05, 3.63) is 69.8 Å². The van der Waals surface area contributed by atoms with Gasteiger partial charge in [0, 0.05) is 23.8 Å². The zero-order chi connectivity index (χ0) is 20.4. The third-order valence-electron chi connectivity index (χ3n) is 3.98. The Morgan fingerprint density at radius 3 is 2.43 bits per heavy atom. The summed E-state index contributed by atoms with van der Waals surface area (Å²) in [6.45, 7) is 0.928. The maximum absolute atomic E-state index is 12.2. The number of benzene rings is 2. The minimum Gasteiger partial charge on any atom is -0.493 e. The molecule has 2 aromatic carbocycles. The van der Waals surface area contributed by atoms with E-state index in [0.29, 0.717) is 31.0 Å². The average Bonchev–Trinajstić information content (AvgIpc) is 2.72. The van der Waals surface area contributed by atoms with Gasteiger partial charge in [0.15, 0.2) is 11.5 Å². The molecule has 1 amide bonds. The molecule has 2 aromatic rings. The van der Waals surface area contributed by atoms with E-state index in [0.717, 1.165) is 15.6 Å². The molecule has 7 heteroatoms. The van der Waals surface area contributed by atoms with Crippen molar-refractivity contribution in [2.75, 3.05) is 20.8 Å². The van der Waals surface area contributed by atoms with E-state index >= 15 is 0 Å². The van der Waals surface area contributed by atoms with E-state index < -0.39 is 5.91 Å². The summed E-state index contributed by atoms with van der Waals surface area (Å²) < 4.78 is 11.5. The molecule has 0 saturated heterocycles. The van der Waals surface area contributed by atoms with Crippen LogP contribution in [-0.4, -0.2) is 26.7 Å². The van der Waals surface area contributed by atoms with Crippen LogP contribution in [0.4, 0.5) is 0 Å². The number of methoxy groups -OCH3 is 2. The highest BCUT2D eigenvalue weighted by molar-refractivity contribution is 9.10. The van der Waals surface area contributed by atoms with Crippen LogP contribution in [0.15, 0.2) is 58.7 Å². The van der Waals surface area contributed by atoms with Gasteiger partial charge in [0.05, 0.1) is 14.2 Å². The van der Waals surface area contributed by atoms with Gasteiger partial charge >= 0.3 is 0 Å². The van der Waals surface area contributed by atoms with Gasteiger partial charge in [-0.1, -0.05) is 34.1 Å². The number of amides is 1. The molecular weight excluding hydrogens is 422 g/mol. The fraction of sp³-hybridized carbons (Fsp3) is 0.238. The minimum atomic E-state index is -0.411. The molecule has 0 bridgehead atoms. The fourth-order valence-corrected chi connectivity index (χ4v) is 2.74. The molecule has 0 aromatic heterocycles. The predicted molar refractivity (Wildman–Crippen MR) is 111 cm³/mol. The van der Waals surface area contributed by atoms with Crippen LogP contribution in [0.1, 0.15) is 11.1 Å². The third kappa shape index (κ3) is 6.32. The van der Waals surface area contributed by atoms with Gasteiger partial charge in [0.25, 0.3) is 5.91 Å². The molecule has 146 valence electrons. The lowest BCUT2D eigenvalue weighted by atomic mass is 10.1. The highest BCUT2D eigenvalue weighted by Gasteiger charge is 2.09. The van der Waals surface area contributed by atoms with Crippen LogP contribution in [-0.2, 0) is 17.8 Å². The Kier molecular flexibility index (Phi) is 8.37. The van der Waals surface area contributed by atoms with Crippen LogP contribution in [0, 0.1) is 11.3 Å². The molecule has 0 radical (unpaired) electrons. The minimum absolute atomic E-state index is 0.0319. The number of ether oxygens (including phenoxy) is 2. The number of rotatable bonds is 9. The highest BCUT2D eigenvalue weighted by Crippen LogP contribution is 2.27. The van der Waals surface area contributed by atoms with Crippen molar-refractivity contribution in [3.63, 3.8) is 0 Å². The fourth-order valence-electron chi connectivity index (χ4n) is 2.47. The summed E-state index contributed by atoms with van der Waals surface area (Å²) in [5.74, 6) is 0.884. The summed E-state index contributed by atoms with van der Waals surface area (Å²) in [6.07, 6.45) is 2.05. The van der Waals surface area contributed by atoms with Gasteiger partial charge in [-0.15, -0.1) is 0 Å². The Morgan fingerprint density at radius 2 is 1.79 bits per heavy atom. The van der Waals surface area contributed by atoms with Crippen molar-refractivity contribution in [2.24, 2.45) is 0 Å². The van der Waals surface area contributed by atoms with Gasteiger partial charge < -0.3 is 20.1 Å². The van der Waals surface area contributed by atoms with Gasteiger partial charge in [0.1, 0.15) is 11.6 Å². The number of hydrogen-bond acceptors (Lipinski definition) is 5. The van der Waals surface area contributed by atoms with Gasteiger partial charge in [-0.2, -0.15) is 5.26 Å². The molecule has 2 N–H and O–H groups in total. The molecule has 0 spiro atoms. The molecular formula is C21H22BrN3O3. The number of nitrogens with zero attached hydrogens (tertiary/aromatic N) is 1. The maximum atomic E-state index is 12.2. The molecule has 0 fully saturated rings. The first-order valence-electron chi connectivity index (χ1n) is 8.64. The standard InChI is InChI=1S/C21H22BrN3O3/c1-27-19-8-5-15(11-20(19)28-2)9-10-25-21(26)17(12-23)14-24-13-16-3-6-18(22)7-4-16/h3-8,11,14,24H,9-10,13H2,1-2H3,(H,25,26)/b17-14-. The highest BCUT2D eigenvalue weighted by atomic mass is 79.9. The Balaban J connectivity index is 1.84. The quantitative estimate of drug-likeness (QED) is 0.458. The molecule has 2 rings (SSSR count). The Hall–Kier alpha value is -2.98. The number of carbonyl (C=O) groups is 1. The second-order valence-corrected chi connectivity index (χ2v) is 6.79. The summed E-state index contributed by atoms with van der Waals surface area (Å²) >= 11 is 3.38. The lowest BCUT2D eigenvalue weighted by Gasteiger charge is -2.10. The second kappa shape index (κ2) is 11.0. The molecule has 0 aliphatic rings. The van der Waals surface area contributed by atoms with E-state index in [2.05, 4.69) is 26.6 Å². The molecule has 0 atom stereocenters. The van der Waals surface area contributed by atoms with E-state index in [1.807, 2.05) is 48.5 Å². The van der Waals surface area contributed by atoms with E-state index in [4.69, 9.17) is 9.47 Å². The third-order valence-corrected chi connectivity index (χ3v) is 4.51. The first-order chi connectivity index (χ1) is 13.6. The normalized spacial score (nSPS) is 10.7. The number of hydrogen-bond donors (Lipinski definition) is 2. The summed E-state index contributed by atoms with van der Waals surface area (Å²) in [6, 6.07) is 15.3. The molecule has 0 unspecified atom stereocenters. The van der Waals surface area contributed by atoms with Crippen molar-refractivity contribution >= 4 is 21.8 Å². The summed E-state index contributed by atoms with van der Waals surface area (Å²) in [5.41, 5.74) is 2.07. The SMILES string of the molecule is COc1ccc(CCNC(=O)/C(C#N)=C\NCc2ccc(Br)cc2)cc1OC. The lowest BCUT2D eigenvalue weighted by Crippen LogP contribution is -2.27. The molecule has 0 aliphatic heterocycles. The molecule has 0 aliphatic carbocycles. The lowest BCUT2D eigenvalue weighted by molar-refractivity contribution is -0.117. The number of nitriles is 1. The Morgan fingerprint density at radius 1 is 1.11 bits per heavy atom. The number of carbonyl (C=O) groups excluding carboxylic acids is 1.